The quantitative estimate of drug-likeness (QED) is 0.855. The Hall–Kier alpha value is -2.71. The fourth-order valence-electron chi connectivity index (χ4n) is 1.77. The van der Waals surface area contributed by atoms with Crippen molar-refractivity contribution in [2.75, 3.05) is 0 Å². The lowest BCUT2D eigenvalue weighted by atomic mass is 10.3. The first-order chi connectivity index (χ1) is 9.92. The highest BCUT2D eigenvalue weighted by atomic mass is 35.5. The highest BCUT2D eigenvalue weighted by Gasteiger charge is 2.25. The van der Waals surface area contributed by atoms with Gasteiger partial charge in [-0.05, 0) is 18.2 Å². The van der Waals surface area contributed by atoms with Crippen LogP contribution in [0.5, 0.6) is 0 Å². The lowest BCUT2D eigenvalue weighted by Gasteiger charge is -2.03. The topological polar surface area (TPSA) is 74.5 Å². The van der Waals surface area contributed by atoms with E-state index in [-0.39, 0.29) is 15.3 Å². The largest absolute Gasteiger partial charge is 0.339 e. The van der Waals surface area contributed by atoms with Gasteiger partial charge in [0.1, 0.15) is 18.0 Å². The van der Waals surface area contributed by atoms with E-state index in [0.717, 1.165) is 18.2 Å². The second-order valence-electron chi connectivity index (χ2n) is 3.78. The van der Waals surface area contributed by atoms with Crippen LogP contribution in [0.25, 0.3) is 5.69 Å². The zero-order valence-corrected chi connectivity index (χ0v) is 10.8. The van der Waals surface area contributed by atoms with Crippen molar-refractivity contribution in [3.05, 3.63) is 50.9 Å². The molecule has 0 bridgehead atoms. The van der Waals surface area contributed by atoms with E-state index >= 15 is 0 Å². The van der Waals surface area contributed by atoms with Crippen LogP contribution in [0, 0.1) is 28.5 Å². The predicted octanol–water partition coefficient (Wildman–Crippen LogP) is 2.57. The maximum absolute atomic E-state index is 13.1. The molecule has 0 spiro atoms. The van der Waals surface area contributed by atoms with Crippen molar-refractivity contribution in [3.63, 3.8) is 0 Å². The van der Waals surface area contributed by atoms with Crippen molar-refractivity contribution in [2.45, 2.75) is 6.55 Å². The van der Waals surface area contributed by atoms with E-state index in [2.05, 4.69) is 0 Å². The average molecular weight is 313 g/mol. The highest BCUT2D eigenvalue weighted by molar-refractivity contribution is 6.30. The van der Waals surface area contributed by atoms with Gasteiger partial charge in [-0.2, -0.15) is 19.3 Å². The number of hydrogen-bond acceptors (Lipinski definition) is 3. The highest BCUT2D eigenvalue weighted by Crippen LogP contribution is 2.22. The number of nitriles is 2. The molecule has 2 aromatic rings. The van der Waals surface area contributed by atoms with Crippen molar-refractivity contribution in [3.8, 4) is 17.8 Å². The molecule has 5 nitrogen and oxygen atoms in total. The standard InChI is InChI=1S/C12H4ClF3N4O/c13-7-3-6(1-2-8(7)14)19-9(4-17)10(5-18)20(11(15)16)12(19)21/h1-3,11H. The van der Waals surface area contributed by atoms with E-state index in [4.69, 9.17) is 22.1 Å². The average Bonchev–Trinajstić information content (AvgIpc) is 2.73. The number of halogens is 4. The first-order valence-corrected chi connectivity index (χ1v) is 5.71. The number of rotatable bonds is 2. The molecule has 0 aliphatic carbocycles. The molecular weight excluding hydrogens is 309 g/mol. The van der Waals surface area contributed by atoms with E-state index in [1.54, 1.807) is 0 Å². The number of alkyl halides is 2. The Morgan fingerprint density at radius 3 is 2.29 bits per heavy atom. The van der Waals surface area contributed by atoms with Crippen LogP contribution in [0.3, 0.4) is 0 Å². The van der Waals surface area contributed by atoms with E-state index in [0.29, 0.717) is 4.57 Å². The number of benzene rings is 1. The molecule has 9 heteroatoms. The molecule has 0 radical (unpaired) electrons. The minimum absolute atomic E-state index is 0.0983. The minimum atomic E-state index is -3.29. The van der Waals surface area contributed by atoms with Crippen molar-refractivity contribution >= 4 is 11.6 Å². The van der Waals surface area contributed by atoms with Crippen LogP contribution in [-0.2, 0) is 0 Å². The van der Waals surface area contributed by atoms with Crippen LogP contribution >= 0.6 is 11.6 Å². The van der Waals surface area contributed by atoms with Crippen LogP contribution < -0.4 is 5.69 Å². The third-order valence-electron chi connectivity index (χ3n) is 2.65. The third-order valence-corrected chi connectivity index (χ3v) is 2.94. The minimum Gasteiger partial charge on any atom is -0.250 e. The molecule has 0 fully saturated rings. The third kappa shape index (κ3) is 2.26. The number of nitrogens with zero attached hydrogens (tertiary/aromatic N) is 4. The molecule has 0 atom stereocenters. The SMILES string of the molecule is N#Cc1c(C#N)n(C(F)F)c(=O)n1-c1ccc(F)c(Cl)c1. The summed E-state index contributed by atoms with van der Waals surface area (Å²) in [5.74, 6) is -0.777. The molecular formula is C12H4ClF3N4O. The van der Waals surface area contributed by atoms with Crippen LogP contribution in [0.1, 0.15) is 17.9 Å². The maximum atomic E-state index is 13.1. The van der Waals surface area contributed by atoms with Crippen LogP contribution in [0.2, 0.25) is 5.02 Å². The molecule has 1 heterocycles. The molecule has 0 unspecified atom stereocenters. The van der Waals surface area contributed by atoms with Crippen molar-refractivity contribution in [1.29, 1.82) is 10.5 Å². The van der Waals surface area contributed by atoms with Gasteiger partial charge in [-0.1, -0.05) is 11.6 Å². The second-order valence-corrected chi connectivity index (χ2v) is 4.19. The van der Waals surface area contributed by atoms with E-state index < -0.39 is 29.4 Å². The summed E-state index contributed by atoms with van der Waals surface area (Å²) < 4.78 is 39.3. The number of imidazole rings is 1. The second kappa shape index (κ2) is 5.35. The molecule has 21 heavy (non-hydrogen) atoms. The molecule has 1 aromatic carbocycles. The van der Waals surface area contributed by atoms with Gasteiger partial charge >= 0.3 is 12.2 Å². The summed E-state index contributed by atoms with van der Waals surface area (Å²) in [4.78, 5) is 12.0. The summed E-state index contributed by atoms with van der Waals surface area (Å²) in [5, 5.41) is 17.5. The van der Waals surface area contributed by atoms with Crippen molar-refractivity contribution < 1.29 is 13.2 Å². The molecule has 0 aliphatic rings. The molecule has 0 aliphatic heterocycles. The fraction of sp³-hybridized carbons (Fsp3) is 0.0833. The molecule has 2 rings (SSSR count). The summed E-state index contributed by atoms with van der Waals surface area (Å²) >= 11 is 5.56. The summed E-state index contributed by atoms with van der Waals surface area (Å²) in [6.07, 6.45) is 0. The Labute approximate surface area is 120 Å². The lowest BCUT2D eigenvalue weighted by molar-refractivity contribution is 0.0654. The smallest absolute Gasteiger partial charge is 0.250 e. The van der Waals surface area contributed by atoms with E-state index in [1.807, 2.05) is 0 Å². The predicted molar refractivity (Wildman–Crippen MR) is 65.7 cm³/mol. The van der Waals surface area contributed by atoms with Gasteiger partial charge in [0.15, 0.2) is 11.4 Å². The zero-order chi connectivity index (χ0) is 15.7. The van der Waals surface area contributed by atoms with E-state index in [9.17, 15) is 18.0 Å². The Bertz CT molecular complexity index is 857. The number of aromatic nitrogens is 2. The van der Waals surface area contributed by atoms with Crippen LogP contribution in [-0.4, -0.2) is 9.13 Å². The van der Waals surface area contributed by atoms with Gasteiger partial charge in [0, 0.05) is 0 Å². The Morgan fingerprint density at radius 2 is 1.81 bits per heavy atom. The normalized spacial score (nSPS) is 10.4. The first kappa shape index (κ1) is 14.7. The molecule has 0 amide bonds. The van der Waals surface area contributed by atoms with Gasteiger partial charge < -0.3 is 0 Å². The maximum Gasteiger partial charge on any atom is 0.339 e. The fourth-order valence-corrected chi connectivity index (χ4v) is 1.95. The van der Waals surface area contributed by atoms with Crippen LogP contribution in [0.15, 0.2) is 23.0 Å². The zero-order valence-electron chi connectivity index (χ0n) is 10.0. The summed E-state index contributed by atoms with van der Waals surface area (Å²) in [7, 11) is 0. The lowest BCUT2D eigenvalue weighted by Crippen LogP contribution is -2.24. The molecule has 0 saturated carbocycles. The van der Waals surface area contributed by atoms with Gasteiger partial charge in [0.05, 0.1) is 10.7 Å². The summed E-state index contributed by atoms with van der Waals surface area (Å²) in [5.41, 5.74) is -2.75. The molecule has 0 saturated heterocycles. The van der Waals surface area contributed by atoms with Gasteiger partial charge in [0.25, 0.3) is 0 Å². The van der Waals surface area contributed by atoms with Crippen molar-refractivity contribution in [2.24, 2.45) is 0 Å². The molecule has 1 aromatic heterocycles. The van der Waals surface area contributed by atoms with E-state index in [1.165, 1.54) is 12.1 Å². The Morgan fingerprint density at radius 1 is 1.19 bits per heavy atom. The van der Waals surface area contributed by atoms with Crippen molar-refractivity contribution in [1.82, 2.24) is 9.13 Å². The molecule has 0 N–H and O–H groups in total. The van der Waals surface area contributed by atoms with Crippen LogP contribution in [0.4, 0.5) is 13.2 Å². The van der Waals surface area contributed by atoms with Gasteiger partial charge in [0.2, 0.25) is 0 Å². The summed E-state index contributed by atoms with van der Waals surface area (Å²) in [6, 6.07) is 5.89. The molecule has 106 valence electrons. The summed E-state index contributed by atoms with van der Waals surface area (Å²) in [6.45, 7) is -3.29. The monoisotopic (exact) mass is 312 g/mol. The Balaban J connectivity index is 2.88. The number of hydrogen-bond donors (Lipinski definition) is 0. The van der Waals surface area contributed by atoms with Gasteiger partial charge in [-0.3, -0.25) is 4.57 Å². The first-order valence-electron chi connectivity index (χ1n) is 5.33. The van der Waals surface area contributed by atoms with Gasteiger partial charge in [-0.25, -0.2) is 13.8 Å². The van der Waals surface area contributed by atoms with Gasteiger partial charge in [-0.15, -0.1) is 0 Å². The Kier molecular flexibility index (Phi) is 3.74.